The molecule has 0 aliphatic heterocycles. The van der Waals surface area contributed by atoms with Gasteiger partial charge in [-0.2, -0.15) is 0 Å². The highest BCUT2D eigenvalue weighted by molar-refractivity contribution is 6.31. The van der Waals surface area contributed by atoms with Crippen molar-refractivity contribution in [1.82, 2.24) is 0 Å². The van der Waals surface area contributed by atoms with Crippen LogP contribution in [0.4, 0.5) is 0 Å². The SMILES string of the molecule is COC(=O)C1(N)CCCc2c(Cl)cccc21. The number of methoxy groups -OCH3 is 1. The maximum atomic E-state index is 11.8. The molecule has 0 fully saturated rings. The van der Waals surface area contributed by atoms with E-state index in [4.69, 9.17) is 22.1 Å². The number of rotatable bonds is 1. The van der Waals surface area contributed by atoms with Crippen molar-refractivity contribution in [2.45, 2.75) is 24.8 Å². The summed E-state index contributed by atoms with van der Waals surface area (Å²) in [6.07, 6.45) is 2.32. The number of hydrogen-bond acceptors (Lipinski definition) is 3. The lowest BCUT2D eigenvalue weighted by molar-refractivity contribution is -0.148. The number of carbonyl (C=O) groups excluding carboxylic acids is 1. The van der Waals surface area contributed by atoms with Crippen LogP contribution in [-0.2, 0) is 21.5 Å². The van der Waals surface area contributed by atoms with Crippen molar-refractivity contribution in [1.29, 1.82) is 0 Å². The fraction of sp³-hybridized carbons (Fsp3) is 0.417. The molecule has 0 heterocycles. The van der Waals surface area contributed by atoms with Crippen LogP contribution in [-0.4, -0.2) is 13.1 Å². The minimum atomic E-state index is -1.03. The van der Waals surface area contributed by atoms with Crippen molar-refractivity contribution in [2.24, 2.45) is 5.73 Å². The van der Waals surface area contributed by atoms with E-state index in [1.807, 2.05) is 18.2 Å². The number of fused-ring (bicyclic) bond motifs is 1. The maximum Gasteiger partial charge on any atom is 0.330 e. The van der Waals surface area contributed by atoms with Crippen LogP contribution in [0.1, 0.15) is 24.0 Å². The lowest BCUT2D eigenvalue weighted by Crippen LogP contribution is -2.48. The van der Waals surface area contributed by atoms with Crippen LogP contribution in [0, 0.1) is 0 Å². The molecule has 1 unspecified atom stereocenters. The summed E-state index contributed by atoms with van der Waals surface area (Å²) in [5.74, 6) is -0.393. The normalized spacial score (nSPS) is 23.7. The van der Waals surface area contributed by atoms with Gasteiger partial charge in [-0.1, -0.05) is 23.7 Å². The zero-order valence-corrected chi connectivity index (χ0v) is 9.88. The highest BCUT2D eigenvalue weighted by atomic mass is 35.5. The van der Waals surface area contributed by atoms with Crippen molar-refractivity contribution in [3.05, 3.63) is 34.3 Å². The lowest BCUT2D eigenvalue weighted by atomic mass is 9.77. The minimum Gasteiger partial charge on any atom is -0.467 e. The zero-order valence-electron chi connectivity index (χ0n) is 9.13. The fourth-order valence-electron chi connectivity index (χ4n) is 2.30. The van der Waals surface area contributed by atoms with Crippen molar-refractivity contribution >= 4 is 17.6 Å². The Morgan fingerprint density at radius 3 is 3.00 bits per heavy atom. The summed E-state index contributed by atoms with van der Waals surface area (Å²) in [5, 5.41) is 0.677. The van der Waals surface area contributed by atoms with Crippen LogP contribution in [0.2, 0.25) is 5.02 Å². The van der Waals surface area contributed by atoms with Crippen LogP contribution in [0.3, 0.4) is 0 Å². The Morgan fingerprint density at radius 1 is 1.56 bits per heavy atom. The maximum absolute atomic E-state index is 11.8. The fourth-order valence-corrected chi connectivity index (χ4v) is 2.57. The van der Waals surface area contributed by atoms with Gasteiger partial charge in [-0.3, -0.25) is 0 Å². The summed E-state index contributed by atoms with van der Waals surface area (Å²) in [6.45, 7) is 0. The molecule has 0 saturated carbocycles. The Morgan fingerprint density at radius 2 is 2.31 bits per heavy atom. The van der Waals surface area contributed by atoms with E-state index in [1.54, 1.807) is 0 Å². The molecule has 1 aromatic rings. The van der Waals surface area contributed by atoms with Crippen LogP contribution < -0.4 is 5.73 Å². The average molecular weight is 240 g/mol. The van der Waals surface area contributed by atoms with Crippen molar-refractivity contribution in [3.8, 4) is 0 Å². The van der Waals surface area contributed by atoms with Gasteiger partial charge < -0.3 is 10.5 Å². The van der Waals surface area contributed by atoms with E-state index in [-0.39, 0.29) is 0 Å². The van der Waals surface area contributed by atoms with E-state index in [1.165, 1.54) is 7.11 Å². The summed E-state index contributed by atoms with van der Waals surface area (Å²) in [4.78, 5) is 11.8. The lowest BCUT2D eigenvalue weighted by Gasteiger charge is -2.33. The Balaban J connectivity index is 2.56. The van der Waals surface area contributed by atoms with E-state index in [2.05, 4.69) is 0 Å². The molecule has 0 aromatic heterocycles. The molecule has 2 N–H and O–H groups in total. The Bertz CT molecular complexity index is 433. The second kappa shape index (κ2) is 4.07. The predicted molar refractivity (Wildman–Crippen MR) is 62.3 cm³/mol. The molecular weight excluding hydrogens is 226 g/mol. The number of ether oxygens (including phenoxy) is 1. The number of hydrogen-bond donors (Lipinski definition) is 1. The molecule has 0 spiro atoms. The van der Waals surface area contributed by atoms with Crippen LogP contribution >= 0.6 is 11.6 Å². The molecule has 0 saturated heterocycles. The largest absolute Gasteiger partial charge is 0.467 e. The Labute approximate surface area is 99.5 Å². The molecular formula is C12H14ClNO2. The molecule has 1 atom stereocenters. The van der Waals surface area contributed by atoms with Crippen molar-refractivity contribution in [2.75, 3.05) is 7.11 Å². The molecule has 1 aromatic carbocycles. The Kier molecular flexibility index (Phi) is 2.91. The van der Waals surface area contributed by atoms with Crippen molar-refractivity contribution < 1.29 is 9.53 Å². The van der Waals surface area contributed by atoms with E-state index in [0.29, 0.717) is 11.4 Å². The first-order valence-corrected chi connectivity index (χ1v) is 5.62. The van der Waals surface area contributed by atoms with E-state index < -0.39 is 11.5 Å². The summed E-state index contributed by atoms with van der Waals surface area (Å²) >= 11 is 6.11. The summed E-state index contributed by atoms with van der Waals surface area (Å²) in [6, 6.07) is 5.50. The molecule has 16 heavy (non-hydrogen) atoms. The number of carbonyl (C=O) groups is 1. The third kappa shape index (κ3) is 1.60. The predicted octanol–water partition coefficient (Wildman–Crippen LogP) is 2.00. The van der Waals surface area contributed by atoms with E-state index >= 15 is 0 Å². The number of halogens is 1. The van der Waals surface area contributed by atoms with Gasteiger partial charge in [-0.25, -0.2) is 4.79 Å². The number of benzene rings is 1. The summed E-state index contributed by atoms with van der Waals surface area (Å²) < 4.78 is 4.78. The van der Waals surface area contributed by atoms with E-state index in [9.17, 15) is 4.79 Å². The molecule has 86 valence electrons. The summed E-state index contributed by atoms with van der Waals surface area (Å²) in [7, 11) is 1.36. The van der Waals surface area contributed by atoms with Gasteiger partial charge in [0.25, 0.3) is 0 Å². The van der Waals surface area contributed by atoms with Gasteiger partial charge in [0.2, 0.25) is 0 Å². The minimum absolute atomic E-state index is 0.393. The first kappa shape index (κ1) is 11.4. The van der Waals surface area contributed by atoms with E-state index in [0.717, 1.165) is 24.0 Å². The first-order chi connectivity index (χ1) is 7.59. The molecule has 0 bridgehead atoms. The van der Waals surface area contributed by atoms with Crippen molar-refractivity contribution in [3.63, 3.8) is 0 Å². The highest BCUT2D eigenvalue weighted by Crippen LogP contribution is 2.37. The second-order valence-corrected chi connectivity index (χ2v) is 4.49. The average Bonchev–Trinajstić information content (AvgIpc) is 2.30. The molecule has 0 radical (unpaired) electrons. The van der Waals surface area contributed by atoms with Gasteiger partial charge in [0.1, 0.15) is 5.54 Å². The molecule has 4 heteroatoms. The van der Waals surface area contributed by atoms with Crippen LogP contribution in [0.5, 0.6) is 0 Å². The van der Waals surface area contributed by atoms with Gasteiger partial charge in [0.15, 0.2) is 0 Å². The number of nitrogens with two attached hydrogens (primary N) is 1. The Hall–Kier alpha value is -1.06. The molecule has 0 amide bonds. The first-order valence-electron chi connectivity index (χ1n) is 5.25. The van der Waals surface area contributed by atoms with Gasteiger partial charge in [0, 0.05) is 5.02 Å². The highest BCUT2D eigenvalue weighted by Gasteiger charge is 2.41. The van der Waals surface area contributed by atoms with Gasteiger partial charge in [0.05, 0.1) is 7.11 Å². The quantitative estimate of drug-likeness (QED) is 0.763. The molecule has 2 rings (SSSR count). The zero-order chi connectivity index (χ0) is 11.8. The standard InChI is InChI=1S/C12H14ClNO2/c1-16-11(15)12(14)7-3-4-8-9(12)5-2-6-10(8)13/h2,5-6H,3-4,7,14H2,1H3. The van der Waals surface area contributed by atoms with Crippen LogP contribution in [0.25, 0.3) is 0 Å². The molecule has 3 nitrogen and oxygen atoms in total. The second-order valence-electron chi connectivity index (χ2n) is 4.08. The molecule has 1 aliphatic carbocycles. The third-order valence-electron chi connectivity index (χ3n) is 3.15. The smallest absolute Gasteiger partial charge is 0.330 e. The van der Waals surface area contributed by atoms with Crippen LogP contribution in [0.15, 0.2) is 18.2 Å². The monoisotopic (exact) mass is 239 g/mol. The van der Waals surface area contributed by atoms with Gasteiger partial charge >= 0.3 is 5.97 Å². The number of esters is 1. The molecule has 1 aliphatic rings. The summed E-state index contributed by atoms with van der Waals surface area (Å²) in [5.41, 5.74) is 6.91. The van der Waals surface area contributed by atoms with Gasteiger partial charge in [-0.15, -0.1) is 0 Å². The third-order valence-corrected chi connectivity index (χ3v) is 3.50. The topological polar surface area (TPSA) is 52.3 Å². The van der Waals surface area contributed by atoms with Gasteiger partial charge in [-0.05, 0) is 36.5 Å².